The molecule has 0 spiro atoms. The lowest BCUT2D eigenvalue weighted by atomic mass is 10.2. The normalized spacial score (nSPS) is 10.0. The van der Waals surface area contributed by atoms with Crippen molar-refractivity contribution in [3.8, 4) is 23.3 Å². The second-order valence-electron chi connectivity index (χ2n) is 5.35. The van der Waals surface area contributed by atoms with Gasteiger partial charge in [0, 0.05) is 23.6 Å². The van der Waals surface area contributed by atoms with Crippen molar-refractivity contribution in [3.63, 3.8) is 0 Å². The average Bonchev–Trinajstić information content (AvgIpc) is 3.18. The Hall–Kier alpha value is -3.79. The summed E-state index contributed by atoms with van der Waals surface area (Å²) in [6, 6.07) is 14.2. The van der Waals surface area contributed by atoms with Crippen LogP contribution in [-0.2, 0) is 0 Å². The number of nitriles is 1. The van der Waals surface area contributed by atoms with Gasteiger partial charge in [-0.1, -0.05) is 0 Å². The fourth-order valence-electron chi connectivity index (χ4n) is 2.40. The number of carbonyl (C=O) groups is 1. The van der Waals surface area contributed by atoms with Crippen molar-refractivity contribution in [2.75, 3.05) is 19.5 Å². The second kappa shape index (κ2) is 7.40. The summed E-state index contributed by atoms with van der Waals surface area (Å²) < 4.78 is 12.1. The summed E-state index contributed by atoms with van der Waals surface area (Å²) in [5.41, 5.74) is 2.21. The first-order valence-corrected chi connectivity index (χ1v) is 7.72. The molecule has 26 heavy (non-hydrogen) atoms. The number of amides is 1. The Kier molecular flexibility index (Phi) is 4.85. The highest BCUT2D eigenvalue weighted by atomic mass is 16.5. The first-order valence-electron chi connectivity index (χ1n) is 7.72. The van der Waals surface area contributed by atoms with E-state index in [1.54, 1.807) is 66.7 Å². The van der Waals surface area contributed by atoms with Crippen LogP contribution in [0.2, 0.25) is 0 Å². The van der Waals surface area contributed by atoms with E-state index in [9.17, 15) is 4.79 Å². The number of benzene rings is 2. The number of imidazole rings is 1. The third-order valence-electron chi connectivity index (χ3n) is 3.75. The van der Waals surface area contributed by atoms with Crippen molar-refractivity contribution in [3.05, 3.63) is 66.2 Å². The molecule has 3 aromatic rings. The molecule has 0 saturated carbocycles. The van der Waals surface area contributed by atoms with Gasteiger partial charge in [-0.25, -0.2) is 4.98 Å². The SMILES string of the molecule is COc1ccc(NC(=O)c2cn(-c3ccc(C#N)cc3)cn2)cc1OC. The van der Waals surface area contributed by atoms with Crippen LogP contribution >= 0.6 is 0 Å². The molecule has 2 aromatic carbocycles. The van der Waals surface area contributed by atoms with E-state index in [2.05, 4.69) is 16.4 Å². The Labute approximate surface area is 150 Å². The van der Waals surface area contributed by atoms with Gasteiger partial charge >= 0.3 is 0 Å². The molecule has 7 nitrogen and oxygen atoms in total. The molecule has 1 heterocycles. The van der Waals surface area contributed by atoms with Crippen LogP contribution in [0.25, 0.3) is 5.69 Å². The fourth-order valence-corrected chi connectivity index (χ4v) is 2.40. The maximum Gasteiger partial charge on any atom is 0.275 e. The quantitative estimate of drug-likeness (QED) is 0.765. The van der Waals surface area contributed by atoms with Gasteiger partial charge in [-0.3, -0.25) is 4.79 Å². The lowest BCUT2D eigenvalue weighted by molar-refractivity contribution is 0.102. The molecule has 1 N–H and O–H groups in total. The lowest BCUT2D eigenvalue weighted by Crippen LogP contribution is -2.12. The standard InChI is InChI=1S/C19H16N4O3/c1-25-17-8-5-14(9-18(17)26-2)22-19(24)16-11-23(12-21-16)15-6-3-13(10-20)4-7-15/h3-9,11-12H,1-2H3,(H,22,24). The molecule has 0 radical (unpaired) electrons. The molecule has 0 aliphatic heterocycles. The minimum absolute atomic E-state index is 0.268. The van der Waals surface area contributed by atoms with Gasteiger partial charge in [-0.2, -0.15) is 5.26 Å². The number of ether oxygens (including phenoxy) is 2. The van der Waals surface area contributed by atoms with E-state index >= 15 is 0 Å². The van der Waals surface area contributed by atoms with Gasteiger partial charge in [0.05, 0.1) is 25.9 Å². The number of hydrogen-bond acceptors (Lipinski definition) is 5. The highest BCUT2D eigenvalue weighted by Crippen LogP contribution is 2.29. The minimum atomic E-state index is -0.343. The number of hydrogen-bond donors (Lipinski definition) is 1. The smallest absolute Gasteiger partial charge is 0.275 e. The summed E-state index contributed by atoms with van der Waals surface area (Å²) in [4.78, 5) is 16.5. The van der Waals surface area contributed by atoms with Gasteiger partial charge in [-0.05, 0) is 36.4 Å². The van der Waals surface area contributed by atoms with E-state index in [1.807, 2.05) is 0 Å². The van der Waals surface area contributed by atoms with Crippen LogP contribution in [0, 0.1) is 11.3 Å². The Morgan fingerprint density at radius 2 is 1.85 bits per heavy atom. The van der Waals surface area contributed by atoms with E-state index in [4.69, 9.17) is 14.7 Å². The first kappa shape index (κ1) is 17.0. The molecule has 0 bridgehead atoms. The number of carbonyl (C=O) groups excluding carboxylic acids is 1. The summed E-state index contributed by atoms with van der Waals surface area (Å²) >= 11 is 0. The van der Waals surface area contributed by atoms with Crippen LogP contribution in [0.5, 0.6) is 11.5 Å². The van der Waals surface area contributed by atoms with Crippen molar-refractivity contribution in [2.24, 2.45) is 0 Å². The molecular weight excluding hydrogens is 332 g/mol. The highest BCUT2D eigenvalue weighted by Gasteiger charge is 2.12. The molecule has 0 aliphatic rings. The Balaban J connectivity index is 1.77. The Morgan fingerprint density at radius 1 is 1.12 bits per heavy atom. The maximum atomic E-state index is 12.4. The fraction of sp³-hybridized carbons (Fsp3) is 0.105. The third kappa shape index (κ3) is 3.49. The number of nitrogens with one attached hydrogen (secondary N) is 1. The lowest BCUT2D eigenvalue weighted by Gasteiger charge is -2.10. The maximum absolute atomic E-state index is 12.4. The summed E-state index contributed by atoms with van der Waals surface area (Å²) in [6.45, 7) is 0. The summed E-state index contributed by atoms with van der Waals surface area (Å²) in [5.74, 6) is 0.758. The molecule has 0 aliphatic carbocycles. The van der Waals surface area contributed by atoms with Gasteiger partial charge in [-0.15, -0.1) is 0 Å². The molecule has 130 valence electrons. The third-order valence-corrected chi connectivity index (χ3v) is 3.75. The zero-order valence-electron chi connectivity index (χ0n) is 14.3. The molecule has 1 aromatic heterocycles. The van der Waals surface area contributed by atoms with Gasteiger partial charge in [0.2, 0.25) is 0 Å². The number of anilines is 1. The van der Waals surface area contributed by atoms with E-state index in [1.165, 1.54) is 7.11 Å². The minimum Gasteiger partial charge on any atom is -0.493 e. The molecule has 0 unspecified atom stereocenters. The van der Waals surface area contributed by atoms with Crippen molar-refractivity contribution in [1.29, 1.82) is 5.26 Å². The average molecular weight is 348 g/mol. The number of nitrogens with zero attached hydrogens (tertiary/aromatic N) is 3. The van der Waals surface area contributed by atoms with Crippen molar-refractivity contribution < 1.29 is 14.3 Å². The summed E-state index contributed by atoms with van der Waals surface area (Å²) in [7, 11) is 3.08. The number of aromatic nitrogens is 2. The van der Waals surface area contributed by atoms with Gasteiger partial charge in [0.25, 0.3) is 5.91 Å². The largest absolute Gasteiger partial charge is 0.493 e. The summed E-state index contributed by atoms with van der Waals surface area (Å²) in [6.07, 6.45) is 3.17. The molecule has 0 atom stereocenters. The Bertz CT molecular complexity index is 971. The predicted octanol–water partition coefficient (Wildman–Crippen LogP) is 3.01. The summed E-state index contributed by atoms with van der Waals surface area (Å²) in [5, 5.41) is 11.6. The molecule has 0 fully saturated rings. The topological polar surface area (TPSA) is 89.2 Å². The van der Waals surface area contributed by atoms with Gasteiger partial charge in [0.15, 0.2) is 11.5 Å². The molecule has 1 amide bonds. The monoisotopic (exact) mass is 348 g/mol. The first-order chi connectivity index (χ1) is 12.6. The zero-order chi connectivity index (χ0) is 18.5. The van der Waals surface area contributed by atoms with Crippen LogP contribution in [-0.4, -0.2) is 29.7 Å². The van der Waals surface area contributed by atoms with Crippen LogP contribution in [0.15, 0.2) is 55.0 Å². The molecule has 7 heteroatoms. The van der Waals surface area contributed by atoms with E-state index < -0.39 is 0 Å². The van der Waals surface area contributed by atoms with Gasteiger partial charge < -0.3 is 19.4 Å². The van der Waals surface area contributed by atoms with Crippen molar-refractivity contribution in [2.45, 2.75) is 0 Å². The van der Waals surface area contributed by atoms with Gasteiger partial charge in [0.1, 0.15) is 12.0 Å². The van der Waals surface area contributed by atoms with E-state index in [-0.39, 0.29) is 11.6 Å². The Morgan fingerprint density at radius 3 is 2.50 bits per heavy atom. The van der Waals surface area contributed by atoms with E-state index in [0.29, 0.717) is 22.7 Å². The molecule has 3 rings (SSSR count). The van der Waals surface area contributed by atoms with Crippen molar-refractivity contribution >= 4 is 11.6 Å². The molecular formula is C19H16N4O3. The van der Waals surface area contributed by atoms with Crippen LogP contribution in [0.3, 0.4) is 0 Å². The van der Waals surface area contributed by atoms with Crippen molar-refractivity contribution in [1.82, 2.24) is 9.55 Å². The van der Waals surface area contributed by atoms with Crippen LogP contribution in [0.4, 0.5) is 5.69 Å². The van der Waals surface area contributed by atoms with Crippen LogP contribution < -0.4 is 14.8 Å². The number of rotatable bonds is 5. The second-order valence-corrected chi connectivity index (χ2v) is 5.35. The van der Waals surface area contributed by atoms with Crippen LogP contribution in [0.1, 0.15) is 16.1 Å². The zero-order valence-corrected chi connectivity index (χ0v) is 14.3. The van der Waals surface area contributed by atoms with E-state index in [0.717, 1.165) is 5.69 Å². The highest BCUT2D eigenvalue weighted by molar-refractivity contribution is 6.02. The molecule has 0 saturated heterocycles. The number of methoxy groups -OCH3 is 2. The predicted molar refractivity (Wildman–Crippen MR) is 95.8 cm³/mol.